The molecule has 0 aliphatic carbocycles. The fourth-order valence-corrected chi connectivity index (χ4v) is 3.35. The van der Waals surface area contributed by atoms with Gasteiger partial charge in [0.05, 0.1) is 17.5 Å². The van der Waals surface area contributed by atoms with E-state index in [1.165, 1.54) is 17.1 Å². The number of fused-ring (bicyclic) bond motifs is 1. The van der Waals surface area contributed by atoms with Crippen LogP contribution in [0.25, 0.3) is 34.4 Å². The van der Waals surface area contributed by atoms with E-state index >= 15 is 0 Å². The smallest absolute Gasteiger partial charge is 0.339 e. The van der Waals surface area contributed by atoms with Crippen LogP contribution >= 0.6 is 0 Å². The van der Waals surface area contributed by atoms with Crippen LogP contribution in [0.4, 0.5) is 0 Å². The number of carbonyl (C=O) groups is 1. The number of para-hydroxylation sites is 1. The third-order valence-corrected chi connectivity index (χ3v) is 4.93. The minimum absolute atomic E-state index is 0.0782. The number of nitrogens with zero attached hydrogens (tertiary/aromatic N) is 5. The molecule has 0 aliphatic heterocycles. The summed E-state index contributed by atoms with van der Waals surface area (Å²) in [5, 5.41) is 22.8. The summed E-state index contributed by atoms with van der Waals surface area (Å²) in [5.41, 5.74) is 3.66. The molecule has 8 nitrogen and oxygen atoms in total. The quantitative estimate of drug-likeness (QED) is 0.431. The Bertz CT molecular complexity index is 1450. The van der Waals surface area contributed by atoms with Crippen LogP contribution in [-0.2, 0) is 6.54 Å². The number of benzene rings is 2. The van der Waals surface area contributed by atoms with Gasteiger partial charge in [0, 0.05) is 10.9 Å². The van der Waals surface area contributed by atoms with Crippen molar-refractivity contribution in [1.82, 2.24) is 25.2 Å². The maximum Gasteiger partial charge on any atom is 0.339 e. The summed E-state index contributed by atoms with van der Waals surface area (Å²) >= 11 is 0. The number of aromatic nitrogens is 5. The first kappa shape index (κ1) is 19.4. The molecule has 0 aliphatic rings. The van der Waals surface area contributed by atoms with Crippen molar-refractivity contribution in [2.75, 3.05) is 0 Å². The van der Waals surface area contributed by atoms with Crippen LogP contribution in [0.5, 0.6) is 0 Å². The predicted molar refractivity (Wildman–Crippen MR) is 119 cm³/mol. The van der Waals surface area contributed by atoms with Gasteiger partial charge >= 0.3 is 5.97 Å². The lowest BCUT2D eigenvalue weighted by Crippen LogP contribution is -2.07. The molecule has 32 heavy (non-hydrogen) atoms. The highest BCUT2D eigenvalue weighted by atomic mass is 16.4. The van der Waals surface area contributed by atoms with Gasteiger partial charge in [-0.2, -0.15) is 4.80 Å². The van der Waals surface area contributed by atoms with Gasteiger partial charge in [0.1, 0.15) is 17.9 Å². The van der Waals surface area contributed by atoms with E-state index < -0.39 is 5.97 Å². The minimum atomic E-state index is -1.06. The molecule has 0 spiro atoms. The van der Waals surface area contributed by atoms with Gasteiger partial charge < -0.3 is 9.52 Å². The molecule has 0 atom stereocenters. The molecule has 8 heteroatoms. The van der Waals surface area contributed by atoms with E-state index in [4.69, 9.17) is 4.42 Å². The molecule has 0 radical (unpaired) electrons. The van der Waals surface area contributed by atoms with Crippen molar-refractivity contribution < 1.29 is 14.3 Å². The van der Waals surface area contributed by atoms with Gasteiger partial charge in [0.2, 0.25) is 5.82 Å². The van der Waals surface area contributed by atoms with Gasteiger partial charge in [-0.15, -0.1) is 10.2 Å². The Hall–Kier alpha value is -4.59. The molecule has 0 unspecified atom stereocenters. The molecule has 3 heterocycles. The Morgan fingerprint density at radius 2 is 1.94 bits per heavy atom. The van der Waals surface area contributed by atoms with Crippen molar-refractivity contribution in [3.8, 4) is 11.4 Å². The first-order chi connectivity index (χ1) is 15.7. The highest BCUT2D eigenvalue weighted by Gasteiger charge is 2.15. The number of furan rings is 1. The van der Waals surface area contributed by atoms with E-state index in [0.717, 1.165) is 27.7 Å². The number of pyridine rings is 1. The van der Waals surface area contributed by atoms with Crippen molar-refractivity contribution in [3.63, 3.8) is 0 Å². The monoisotopic (exact) mass is 423 g/mol. The van der Waals surface area contributed by atoms with Crippen LogP contribution in [0.1, 0.15) is 27.4 Å². The zero-order chi connectivity index (χ0) is 21.9. The van der Waals surface area contributed by atoms with Gasteiger partial charge in [-0.05, 0) is 41.1 Å². The zero-order valence-corrected chi connectivity index (χ0v) is 16.8. The second-order valence-corrected chi connectivity index (χ2v) is 7.09. The molecule has 0 amide bonds. The maximum atomic E-state index is 11.2. The van der Waals surface area contributed by atoms with E-state index in [1.807, 2.05) is 66.7 Å². The number of carboxylic acids is 1. The molecular weight excluding hydrogens is 406 g/mol. The summed E-state index contributed by atoms with van der Waals surface area (Å²) in [5.74, 6) is -0.358. The van der Waals surface area contributed by atoms with Gasteiger partial charge in [0.25, 0.3) is 0 Å². The second-order valence-electron chi connectivity index (χ2n) is 7.09. The molecule has 2 aromatic carbocycles. The van der Waals surface area contributed by atoms with Crippen molar-refractivity contribution in [2.45, 2.75) is 6.54 Å². The number of tetrazole rings is 1. The van der Waals surface area contributed by atoms with Crippen LogP contribution in [0.2, 0.25) is 0 Å². The highest BCUT2D eigenvalue weighted by molar-refractivity contribution is 5.88. The van der Waals surface area contributed by atoms with E-state index in [1.54, 1.807) is 0 Å². The Kier molecular flexibility index (Phi) is 5.01. The highest BCUT2D eigenvalue weighted by Crippen LogP contribution is 2.19. The van der Waals surface area contributed by atoms with Crippen molar-refractivity contribution in [2.24, 2.45) is 0 Å². The van der Waals surface area contributed by atoms with E-state index in [9.17, 15) is 9.90 Å². The fraction of sp³-hybridized carbons (Fsp3) is 0.0417. The van der Waals surface area contributed by atoms with Crippen molar-refractivity contribution in [3.05, 3.63) is 95.6 Å². The Morgan fingerprint density at radius 3 is 2.84 bits per heavy atom. The molecule has 0 saturated carbocycles. The maximum absolute atomic E-state index is 11.2. The summed E-state index contributed by atoms with van der Waals surface area (Å²) < 4.78 is 5.24. The van der Waals surface area contributed by atoms with Crippen molar-refractivity contribution in [1.29, 1.82) is 0 Å². The lowest BCUT2D eigenvalue weighted by atomic mass is 10.1. The molecule has 0 fully saturated rings. The SMILES string of the molecule is O=C(O)c1ccoc1Cn1nnc(-c2cccc(/C=C/c3ccc4ccccc4n3)c2)n1. The average Bonchev–Trinajstić information content (AvgIpc) is 3.48. The van der Waals surface area contributed by atoms with Crippen LogP contribution in [0.15, 0.2) is 77.4 Å². The minimum Gasteiger partial charge on any atom is -0.478 e. The number of hydrogen-bond donors (Lipinski definition) is 1. The van der Waals surface area contributed by atoms with E-state index in [-0.39, 0.29) is 17.9 Å². The molecule has 0 bridgehead atoms. The number of carboxylic acid groups (broad SMARTS) is 1. The van der Waals surface area contributed by atoms with Gasteiger partial charge in [-0.25, -0.2) is 9.78 Å². The summed E-state index contributed by atoms with van der Waals surface area (Å²) in [7, 11) is 0. The van der Waals surface area contributed by atoms with Crippen LogP contribution in [0.3, 0.4) is 0 Å². The topological polar surface area (TPSA) is 107 Å². The van der Waals surface area contributed by atoms with Crippen LogP contribution in [0, 0.1) is 0 Å². The van der Waals surface area contributed by atoms with Crippen LogP contribution < -0.4 is 0 Å². The number of hydrogen-bond acceptors (Lipinski definition) is 6. The molecule has 1 N–H and O–H groups in total. The molecule has 3 aromatic heterocycles. The zero-order valence-electron chi connectivity index (χ0n) is 16.8. The van der Waals surface area contributed by atoms with Gasteiger partial charge in [-0.3, -0.25) is 0 Å². The second kappa shape index (κ2) is 8.27. The number of rotatable bonds is 6. The molecule has 156 valence electrons. The predicted octanol–water partition coefficient (Wildman–Crippen LogP) is 4.40. The Balaban J connectivity index is 1.35. The van der Waals surface area contributed by atoms with E-state index in [0.29, 0.717) is 5.82 Å². The fourth-order valence-electron chi connectivity index (χ4n) is 3.35. The molecular formula is C24H17N5O3. The first-order valence-corrected chi connectivity index (χ1v) is 9.87. The van der Waals surface area contributed by atoms with Gasteiger partial charge in [-0.1, -0.05) is 48.5 Å². The lowest BCUT2D eigenvalue weighted by Gasteiger charge is -2.00. The van der Waals surface area contributed by atoms with E-state index in [2.05, 4.69) is 26.5 Å². The third-order valence-electron chi connectivity index (χ3n) is 4.93. The summed E-state index contributed by atoms with van der Waals surface area (Å²) in [6.45, 7) is 0.0782. The molecule has 5 rings (SSSR count). The Labute approximate surface area is 182 Å². The molecule has 5 aromatic rings. The largest absolute Gasteiger partial charge is 0.478 e. The normalized spacial score (nSPS) is 11.4. The van der Waals surface area contributed by atoms with Crippen molar-refractivity contribution >= 4 is 29.0 Å². The number of aromatic carboxylic acids is 1. The molecule has 0 saturated heterocycles. The van der Waals surface area contributed by atoms with Gasteiger partial charge in [0.15, 0.2) is 0 Å². The Morgan fingerprint density at radius 1 is 1.03 bits per heavy atom. The summed E-state index contributed by atoms with van der Waals surface area (Å²) in [6.07, 6.45) is 5.27. The summed E-state index contributed by atoms with van der Waals surface area (Å²) in [6, 6.07) is 21.2. The van der Waals surface area contributed by atoms with Crippen LogP contribution in [-0.4, -0.2) is 36.3 Å². The first-order valence-electron chi connectivity index (χ1n) is 9.87. The third kappa shape index (κ3) is 4.01. The standard InChI is InChI=1S/C24H17N5O3/c30-24(31)20-12-13-32-22(20)15-29-27-23(26-28-29)18-6-3-4-16(14-18)8-10-19-11-9-17-5-1-2-7-21(17)25-19/h1-14H,15H2,(H,30,31)/b10-8+. The average molecular weight is 423 g/mol. The summed E-state index contributed by atoms with van der Waals surface area (Å²) in [4.78, 5) is 17.2. The lowest BCUT2D eigenvalue weighted by molar-refractivity contribution is 0.0694.